The average Bonchev–Trinajstić information content (AvgIpc) is 2.19. The van der Waals surface area contributed by atoms with Gasteiger partial charge in [0.2, 0.25) is 0 Å². The zero-order valence-corrected chi connectivity index (χ0v) is 11.6. The highest BCUT2D eigenvalue weighted by Gasteiger charge is 2.25. The number of hydrogen-bond donors (Lipinski definition) is 1. The summed E-state index contributed by atoms with van der Waals surface area (Å²) in [6, 6.07) is 2.33. The van der Waals surface area contributed by atoms with Crippen LogP contribution in [0.3, 0.4) is 0 Å². The first-order valence-corrected chi connectivity index (χ1v) is 6.71. The van der Waals surface area contributed by atoms with Gasteiger partial charge in [-0.2, -0.15) is 0 Å². The molecule has 1 aromatic heterocycles. The lowest BCUT2D eigenvalue weighted by molar-refractivity contribution is 0.399. The maximum absolute atomic E-state index is 6.21. The van der Waals surface area contributed by atoms with Crippen LogP contribution in [0.1, 0.15) is 26.2 Å². The molecule has 17 heavy (non-hydrogen) atoms. The van der Waals surface area contributed by atoms with Crippen LogP contribution in [0.15, 0.2) is 6.07 Å². The summed E-state index contributed by atoms with van der Waals surface area (Å²) in [4.78, 5) is 6.67. The first kappa shape index (κ1) is 12.8. The number of nitrogens with one attached hydrogen (secondary N) is 1. The van der Waals surface area contributed by atoms with Crippen LogP contribution in [-0.2, 0) is 0 Å². The quantitative estimate of drug-likeness (QED) is 0.904. The summed E-state index contributed by atoms with van der Waals surface area (Å²) in [5.41, 5.74) is 0. The Morgan fingerprint density at radius 3 is 2.65 bits per heavy atom. The van der Waals surface area contributed by atoms with Gasteiger partial charge >= 0.3 is 0 Å². The van der Waals surface area contributed by atoms with E-state index in [0.29, 0.717) is 21.9 Å². The van der Waals surface area contributed by atoms with Gasteiger partial charge in [0.25, 0.3) is 0 Å². The second kappa shape index (κ2) is 5.32. The Balaban J connectivity index is 2.28. The van der Waals surface area contributed by atoms with Gasteiger partial charge in [-0.15, -0.1) is 0 Å². The third kappa shape index (κ3) is 2.61. The SMILES string of the molecule is CCNc1nc(N(C)C2CCC2)c(Cl)cc1Cl. The van der Waals surface area contributed by atoms with E-state index >= 15 is 0 Å². The Morgan fingerprint density at radius 1 is 1.41 bits per heavy atom. The third-order valence-electron chi connectivity index (χ3n) is 3.21. The molecule has 0 amide bonds. The summed E-state index contributed by atoms with van der Waals surface area (Å²) >= 11 is 12.3. The van der Waals surface area contributed by atoms with Gasteiger partial charge in [-0.1, -0.05) is 23.2 Å². The topological polar surface area (TPSA) is 28.2 Å². The molecule has 3 nitrogen and oxygen atoms in total. The van der Waals surface area contributed by atoms with Gasteiger partial charge in [-0.05, 0) is 32.3 Å². The van der Waals surface area contributed by atoms with E-state index in [2.05, 4.69) is 15.2 Å². The minimum Gasteiger partial charge on any atom is -0.369 e. The summed E-state index contributed by atoms with van der Waals surface area (Å²) in [5.74, 6) is 1.52. The standard InChI is InChI=1S/C12H17Cl2N3/c1-3-15-11-9(13)7-10(14)12(16-11)17(2)8-5-4-6-8/h7-8H,3-6H2,1-2H3,(H,15,16). The van der Waals surface area contributed by atoms with Crippen molar-refractivity contribution < 1.29 is 0 Å². The first-order valence-electron chi connectivity index (χ1n) is 5.96. The molecule has 1 aromatic rings. The minimum atomic E-state index is 0.565. The number of halogens is 2. The predicted molar refractivity (Wildman–Crippen MR) is 74.5 cm³/mol. The van der Waals surface area contributed by atoms with E-state index in [1.807, 2.05) is 14.0 Å². The van der Waals surface area contributed by atoms with E-state index in [1.54, 1.807) is 6.07 Å². The average molecular weight is 274 g/mol. The lowest BCUT2D eigenvalue weighted by atomic mass is 9.92. The number of aromatic nitrogens is 1. The molecule has 94 valence electrons. The van der Waals surface area contributed by atoms with Crippen molar-refractivity contribution in [2.45, 2.75) is 32.2 Å². The highest BCUT2D eigenvalue weighted by Crippen LogP contribution is 2.35. The van der Waals surface area contributed by atoms with Gasteiger partial charge in [0.15, 0.2) is 0 Å². The van der Waals surface area contributed by atoms with Gasteiger partial charge in [0.1, 0.15) is 11.6 Å². The van der Waals surface area contributed by atoms with Crippen LogP contribution in [-0.4, -0.2) is 24.6 Å². The molecule has 0 unspecified atom stereocenters. The molecule has 2 rings (SSSR count). The molecular weight excluding hydrogens is 257 g/mol. The van der Waals surface area contributed by atoms with Crippen LogP contribution >= 0.6 is 23.2 Å². The summed E-state index contributed by atoms with van der Waals surface area (Å²) < 4.78 is 0. The fraction of sp³-hybridized carbons (Fsp3) is 0.583. The molecule has 0 aromatic carbocycles. The molecule has 0 atom stereocenters. The Bertz CT molecular complexity index is 405. The molecule has 1 N–H and O–H groups in total. The van der Waals surface area contributed by atoms with Crippen LogP contribution in [0.4, 0.5) is 11.6 Å². The number of pyridine rings is 1. The van der Waals surface area contributed by atoms with Crippen molar-refractivity contribution in [3.8, 4) is 0 Å². The molecule has 1 aliphatic carbocycles. The van der Waals surface area contributed by atoms with Gasteiger partial charge in [-0.3, -0.25) is 0 Å². The first-order chi connectivity index (χ1) is 8.13. The maximum atomic E-state index is 6.21. The molecule has 1 aliphatic rings. The maximum Gasteiger partial charge on any atom is 0.149 e. The van der Waals surface area contributed by atoms with Crippen LogP contribution in [0, 0.1) is 0 Å². The van der Waals surface area contributed by atoms with Crippen LogP contribution in [0.2, 0.25) is 10.0 Å². The van der Waals surface area contributed by atoms with E-state index in [4.69, 9.17) is 23.2 Å². The van der Waals surface area contributed by atoms with Crippen molar-refractivity contribution in [1.29, 1.82) is 0 Å². The van der Waals surface area contributed by atoms with Crippen molar-refractivity contribution >= 4 is 34.8 Å². The molecular formula is C12H17Cl2N3. The Labute approximate surface area is 112 Å². The van der Waals surface area contributed by atoms with Gasteiger partial charge < -0.3 is 10.2 Å². The van der Waals surface area contributed by atoms with Crippen LogP contribution in [0.25, 0.3) is 0 Å². The number of anilines is 2. The van der Waals surface area contributed by atoms with E-state index in [-0.39, 0.29) is 0 Å². The molecule has 5 heteroatoms. The van der Waals surface area contributed by atoms with Gasteiger partial charge in [-0.25, -0.2) is 4.98 Å². The summed E-state index contributed by atoms with van der Waals surface area (Å²) in [6.07, 6.45) is 3.72. The fourth-order valence-electron chi connectivity index (χ4n) is 1.94. The smallest absolute Gasteiger partial charge is 0.149 e. The molecule has 0 spiro atoms. The lowest BCUT2D eigenvalue weighted by Gasteiger charge is -2.36. The Hall–Kier alpha value is -0.670. The zero-order chi connectivity index (χ0) is 12.4. The van der Waals surface area contributed by atoms with Crippen LogP contribution in [0.5, 0.6) is 0 Å². The molecule has 1 saturated carbocycles. The van der Waals surface area contributed by atoms with Crippen molar-refractivity contribution in [2.24, 2.45) is 0 Å². The summed E-state index contributed by atoms with van der Waals surface area (Å²) in [6.45, 7) is 2.81. The molecule has 0 radical (unpaired) electrons. The van der Waals surface area contributed by atoms with Crippen LogP contribution < -0.4 is 10.2 Å². The largest absolute Gasteiger partial charge is 0.369 e. The number of hydrogen-bond acceptors (Lipinski definition) is 3. The van der Waals surface area contributed by atoms with Gasteiger partial charge in [0, 0.05) is 19.6 Å². The molecule has 0 bridgehead atoms. The third-order valence-corrected chi connectivity index (χ3v) is 3.78. The second-order valence-corrected chi connectivity index (χ2v) is 5.16. The minimum absolute atomic E-state index is 0.565. The second-order valence-electron chi connectivity index (χ2n) is 4.35. The highest BCUT2D eigenvalue weighted by atomic mass is 35.5. The lowest BCUT2D eigenvalue weighted by Crippen LogP contribution is -2.37. The van der Waals surface area contributed by atoms with E-state index in [9.17, 15) is 0 Å². The van der Waals surface area contributed by atoms with Crippen molar-refractivity contribution in [1.82, 2.24) is 4.98 Å². The normalized spacial score (nSPS) is 15.5. The van der Waals surface area contributed by atoms with E-state index in [1.165, 1.54) is 19.3 Å². The molecule has 1 fully saturated rings. The predicted octanol–water partition coefficient (Wildman–Crippen LogP) is 3.81. The number of rotatable bonds is 4. The number of nitrogens with zero attached hydrogens (tertiary/aromatic N) is 2. The van der Waals surface area contributed by atoms with E-state index < -0.39 is 0 Å². The van der Waals surface area contributed by atoms with E-state index in [0.717, 1.165) is 12.4 Å². The molecule has 1 heterocycles. The Morgan fingerprint density at radius 2 is 2.12 bits per heavy atom. The summed E-state index contributed by atoms with van der Waals surface area (Å²) in [5, 5.41) is 4.33. The Kier molecular flexibility index (Phi) is 4.00. The molecule has 0 aliphatic heterocycles. The fourth-order valence-corrected chi connectivity index (χ4v) is 2.50. The highest BCUT2D eigenvalue weighted by molar-refractivity contribution is 6.37. The van der Waals surface area contributed by atoms with Gasteiger partial charge in [0.05, 0.1) is 10.0 Å². The molecule has 0 saturated heterocycles. The summed E-state index contributed by atoms with van der Waals surface area (Å²) in [7, 11) is 2.04. The zero-order valence-electron chi connectivity index (χ0n) is 10.1. The van der Waals surface area contributed by atoms with Crippen molar-refractivity contribution in [3.05, 3.63) is 16.1 Å². The van der Waals surface area contributed by atoms with Crippen molar-refractivity contribution in [3.63, 3.8) is 0 Å². The van der Waals surface area contributed by atoms with Crippen molar-refractivity contribution in [2.75, 3.05) is 23.8 Å². The monoisotopic (exact) mass is 273 g/mol.